The standard InChI is InChI=1S/C14H23BrN2O2S2/c1-3-7-17(10-12-5-4-6-16-9-12)21(18,19)13-8-14(15)20-11(13)2/h8,12,16H,3-7,9-10H2,1-2H3. The summed E-state index contributed by atoms with van der Waals surface area (Å²) in [7, 11) is -3.39. The Kier molecular flexibility index (Phi) is 6.25. The van der Waals surface area contributed by atoms with Gasteiger partial charge in [-0.2, -0.15) is 4.31 Å². The van der Waals surface area contributed by atoms with Crippen molar-refractivity contribution < 1.29 is 8.42 Å². The fourth-order valence-corrected chi connectivity index (χ4v) is 6.74. The summed E-state index contributed by atoms with van der Waals surface area (Å²) in [5.74, 6) is 0.419. The summed E-state index contributed by atoms with van der Waals surface area (Å²) >= 11 is 4.86. The van der Waals surface area contributed by atoms with Gasteiger partial charge in [0.15, 0.2) is 0 Å². The first-order valence-corrected chi connectivity index (χ1v) is 10.5. The number of thiophene rings is 1. The van der Waals surface area contributed by atoms with E-state index in [1.807, 2.05) is 13.8 Å². The highest BCUT2D eigenvalue weighted by Gasteiger charge is 2.29. The summed E-state index contributed by atoms with van der Waals surface area (Å²) in [6.45, 7) is 7.07. The number of nitrogens with zero attached hydrogens (tertiary/aromatic N) is 1. The maximum Gasteiger partial charge on any atom is 0.244 e. The molecule has 1 aromatic rings. The van der Waals surface area contributed by atoms with E-state index in [1.54, 1.807) is 10.4 Å². The van der Waals surface area contributed by atoms with Crippen LogP contribution >= 0.6 is 27.3 Å². The van der Waals surface area contributed by atoms with Crippen LogP contribution in [0, 0.1) is 12.8 Å². The Morgan fingerprint density at radius 2 is 2.29 bits per heavy atom. The average molecular weight is 395 g/mol. The molecular formula is C14H23BrN2O2S2. The molecule has 0 aliphatic carbocycles. The first kappa shape index (κ1) is 17.4. The topological polar surface area (TPSA) is 49.4 Å². The average Bonchev–Trinajstić information content (AvgIpc) is 2.79. The molecule has 120 valence electrons. The second-order valence-corrected chi connectivity index (χ2v) is 10.1. The van der Waals surface area contributed by atoms with Crippen molar-refractivity contribution in [1.29, 1.82) is 0 Å². The number of hydrogen-bond donors (Lipinski definition) is 1. The molecule has 0 saturated carbocycles. The van der Waals surface area contributed by atoms with Crippen molar-refractivity contribution >= 4 is 37.3 Å². The minimum atomic E-state index is -3.39. The van der Waals surface area contributed by atoms with Crippen molar-refractivity contribution in [3.8, 4) is 0 Å². The zero-order valence-corrected chi connectivity index (χ0v) is 15.8. The lowest BCUT2D eigenvalue weighted by Gasteiger charge is -2.29. The van der Waals surface area contributed by atoms with E-state index in [0.717, 1.165) is 41.0 Å². The highest BCUT2D eigenvalue weighted by Crippen LogP contribution is 2.32. The van der Waals surface area contributed by atoms with Gasteiger partial charge in [-0.25, -0.2) is 8.42 Å². The Balaban J connectivity index is 2.21. The van der Waals surface area contributed by atoms with Gasteiger partial charge in [0.05, 0.1) is 8.68 Å². The van der Waals surface area contributed by atoms with Crippen LogP contribution in [-0.4, -0.2) is 38.9 Å². The van der Waals surface area contributed by atoms with Crippen LogP contribution in [0.5, 0.6) is 0 Å². The molecule has 1 unspecified atom stereocenters. The molecule has 4 nitrogen and oxygen atoms in total. The van der Waals surface area contributed by atoms with Crippen LogP contribution in [0.2, 0.25) is 0 Å². The molecule has 0 spiro atoms. The van der Waals surface area contributed by atoms with E-state index in [0.29, 0.717) is 23.9 Å². The third-order valence-electron chi connectivity index (χ3n) is 3.79. The van der Waals surface area contributed by atoms with Crippen LogP contribution in [-0.2, 0) is 10.0 Å². The molecule has 1 saturated heterocycles. The minimum Gasteiger partial charge on any atom is -0.316 e. The number of piperidine rings is 1. The smallest absolute Gasteiger partial charge is 0.244 e. The third kappa shape index (κ3) is 4.28. The molecule has 1 aliphatic heterocycles. The molecule has 7 heteroatoms. The molecule has 1 N–H and O–H groups in total. The van der Waals surface area contributed by atoms with E-state index < -0.39 is 10.0 Å². The molecule has 2 rings (SSSR count). The lowest BCUT2D eigenvalue weighted by molar-refractivity contribution is 0.291. The van der Waals surface area contributed by atoms with Gasteiger partial charge in [-0.3, -0.25) is 0 Å². The first-order valence-electron chi connectivity index (χ1n) is 7.42. The maximum absolute atomic E-state index is 12.9. The van der Waals surface area contributed by atoms with Crippen LogP contribution in [0.3, 0.4) is 0 Å². The summed E-state index contributed by atoms with van der Waals surface area (Å²) < 4.78 is 28.4. The van der Waals surface area contributed by atoms with Gasteiger partial charge in [-0.05, 0) is 67.2 Å². The molecule has 21 heavy (non-hydrogen) atoms. The number of hydrogen-bond acceptors (Lipinski definition) is 4. The van der Waals surface area contributed by atoms with Crippen molar-refractivity contribution in [2.45, 2.75) is 38.0 Å². The Morgan fingerprint density at radius 3 is 2.81 bits per heavy atom. The van der Waals surface area contributed by atoms with E-state index in [9.17, 15) is 8.42 Å². The van der Waals surface area contributed by atoms with E-state index in [4.69, 9.17) is 0 Å². The molecule has 2 heterocycles. The molecule has 0 radical (unpaired) electrons. The number of halogens is 1. The lowest BCUT2D eigenvalue weighted by Crippen LogP contribution is -2.41. The van der Waals surface area contributed by atoms with Crippen molar-refractivity contribution in [3.63, 3.8) is 0 Å². The predicted molar refractivity (Wildman–Crippen MR) is 91.4 cm³/mol. The molecule has 1 aromatic heterocycles. The second kappa shape index (κ2) is 7.55. The van der Waals surface area contributed by atoms with Crippen molar-refractivity contribution in [2.24, 2.45) is 5.92 Å². The van der Waals surface area contributed by atoms with Gasteiger partial charge in [0.2, 0.25) is 10.0 Å². The number of sulfonamides is 1. The first-order chi connectivity index (χ1) is 9.95. The fourth-order valence-electron chi connectivity index (χ4n) is 2.75. The number of aryl methyl sites for hydroxylation is 1. The zero-order valence-electron chi connectivity index (χ0n) is 12.6. The van der Waals surface area contributed by atoms with Crippen LogP contribution in [0.15, 0.2) is 14.7 Å². The highest BCUT2D eigenvalue weighted by atomic mass is 79.9. The Bertz CT molecular complexity index is 566. The van der Waals surface area contributed by atoms with Crippen molar-refractivity contribution in [1.82, 2.24) is 9.62 Å². The van der Waals surface area contributed by atoms with Gasteiger partial charge < -0.3 is 5.32 Å². The number of nitrogens with one attached hydrogen (secondary N) is 1. The lowest BCUT2D eigenvalue weighted by atomic mass is 10.00. The van der Waals surface area contributed by atoms with Gasteiger partial charge >= 0.3 is 0 Å². The summed E-state index contributed by atoms with van der Waals surface area (Å²) in [4.78, 5) is 1.31. The van der Waals surface area contributed by atoms with E-state index in [-0.39, 0.29) is 0 Å². The number of rotatable bonds is 6. The van der Waals surface area contributed by atoms with Gasteiger partial charge in [0.1, 0.15) is 0 Å². The third-order valence-corrected chi connectivity index (χ3v) is 7.47. The van der Waals surface area contributed by atoms with Crippen LogP contribution in [0.1, 0.15) is 31.1 Å². The molecule has 1 aliphatic rings. The molecule has 0 amide bonds. The Morgan fingerprint density at radius 1 is 1.52 bits per heavy atom. The van der Waals surface area contributed by atoms with Gasteiger partial charge in [-0.15, -0.1) is 11.3 Å². The predicted octanol–water partition coefficient (Wildman–Crippen LogP) is 3.22. The maximum atomic E-state index is 12.9. The summed E-state index contributed by atoms with van der Waals surface area (Å²) in [5.41, 5.74) is 0. The quantitative estimate of drug-likeness (QED) is 0.805. The van der Waals surface area contributed by atoms with Gasteiger partial charge in [-0.1, -0.05) is 6.92 Å². The monoisotopic (exact) mass is 394 g/mol. The van der Waals surface area contributed by atoms with Gasteiger partial charge in [0, 0.05) is 18.0 Å². The molecule has 0 bridgehead atoms. The largest absolute Gasteiger partial charge is 0.316 e. The zero-order chi connectivity index (χ0) is 15.5. The highest BCUT2D eigenvalue weighted by molar-refractivity contribution is 9.11. The van der Waals surface area contributed by atoms with Crippen molar-refractivity contribution in [2.75, 3.05) is 26.2 Å². The molecule has 1 atom stereocenters. The second-order valence-electron chi connectivity index (χ2n) is 5.55. The molecular weight excluding hydrogens is 372 g/mol. The van der Waals surface area contributed by atoms with Crippen LogP contribution in [0.4, 0.5) is 0 Å². The fraction of sp³-hybridized carbons (Fsp3) is 0.714. The van der Waals surface area contributed by atoms with Crippen LogP contribution < -0.4 is 5.32 Å². The van der Waals surface area contributed by atoms with E-state index in [2.05, 4.69) is 21.2 Å². The van der Waals surface area contributed by atoms with Crippen LogP contribution in [0.25, 0.3) is 0 Å². The summed E-state index contributed by atoms with van der Waals surface area (Å²) in [6, 6.07) is 1.73. The van der Waals surface area contributed by atoms with Gasteiger partial charge in [0.25, 0.3) is 0 Å². The van der Waals surface area contributed by atoms with Crippen molar-refractivity contribution in [3.05, 3.63) is 14.7 Å². The molecule has 0 aromatic carbocycles. The summed E-state index contributed by atoms with van der Waals surface area (Å²) in [6.07, 6.45) is 3.08. The SMILES string of the molecule is CCCN(CC1CCCNC1)S(=O)(=O)c1cc(Br)sc1C. The normalized spacial score (nSPS) is 20.1. The Labute approximate surface area is 140 Å². The molecule has 1 fully saturated rings. The Hall–Kier alpha value is 0.0500. The van der Waals surface area contributed by atoms with E-state index >= 15 is 0 Å². The minimum absolute atomic E-state index is 0.419. The summed E-state index contributed by atoms with van der Waals surface area (Å²) in [5, 5.41) is 3.36. The van der Waals surface area contributed by atoms with E-state index in [1.165, 1.54) is 11.3 Å².